The standard InChI is InChI=1S/C22H20Cl2N4O2/c23-19-6-1-3-16(21(19)24)7-8-20(29)27-17-4-2-5-18(13-17)28-22(30)26-14-15-9-11-25-12-10-15/h1-6,9-13H,7-8,14H2,(H,27,29)(H2,26,28,30). The quantitative estimate of drug-likeness (QED) is 0.465. The monoisotopic (exact) mass is 442 g/mol. The number of carbonyl (C=O) groups excluding carboxylic acids is 2. The van der Waals surface area contributed by atoms with E-state index in [1.54, 1.807) is 48.8 Å². The number of amides is 3. The van der Waals surface area contributed by atoms with E-state index in [-0.39, 0.29) is 18.4 Å². The first kappa shape index (κ1) is 21.6. The van der Waals surface area contributed by atoms with Gasteiger partial charge in [-0.05, 0) is 53.9 Å². The van der Waals surface area contributed by atoms with Gasteiger partial charge in [0.15, 0.2) is 0 Å². The second-order valence-corrected chi connectivity index (χ2v) is 7.29. The molecule has 0 bridgehead atoms. The Morgan fingerprint density at radius 3 is 2.37 bits per heavy atom. The number of anilines is 2. The average Bonchev–Trinajstić information content (AvgIpc) is 2.74. The third-order valence-electron chi connectivity index (χ3n) is 4.26. The van der Waals surface area contributed by atoms with E-state index >= 15 is 0 Å². The Bertz CT molecular complexity index is 1030. The topological polar surface area (TPSA) is 83.1 Å². The van der Waals surface area contributed by atoms with Crippen molar-refractivity contribution in [3.05, 3.63) is 88.2 Å². The van der Waals surface area contributed by atoms with Crippen molar-refractivity contribution in [3.8, 4) is 0 Å². The first-order valence-electron chi connectivity index (χ1n) is 9.28. The van der Waals surface area contributed by atoms with E-state index in [1.165, 1.54) is 0 Å². The average molecular weight is 443 g/mol. The molecule has 6 nitrogen and oxygen atoms in total. The number of benzene rings is 2. The highest BCUT2D eigenvalue weighted by molar-refractivity contribution is 6.42. The largest absolute Gasteiger partial charge is 0.334 e. The van der Waals surface area contributed by atoms with Crippen molar-refractivity contribution in [2.24, 2.45) is 0 Å². The van der Waals surface area contributed by atoms with Gasteiger partial charge in [-0.15, -0.1) is 0 Å². The number of rotatable bonds is 7. The van der Waals surface area contributed by atoms with Crippen molar-refractivity contribution < 1.29 is 9.59 Å². The van der Waals surface area contributed by atoms with Gasteiger partial charge in [-0.1, -0.05) is 41.4 Å². The summed E-state index contributed by atoms with van der Waals surface area (Å²) in [6.45, 7) is 0.386. The lowest BCUT2D eigenvalue weighted by molar-refractivity contribution is -0.116. The summed E-state index contributed by atoms with van der Waals surface area (Å²) in [6.07, 6.45) is 4.06. The van der Waals surface area contributed by atoms with Crippen LogP contribution in [0.15, 0.2) is 67.0 Å². The fourth-order valence-corrected chi connectivity index (χ4v) is 3.16. The Hall–Kier alpha value is -3.09. The second kappa shape index (κ2) is 10.6. The lowest BCUT2D eigenvalue weighted by Gasteiger charge is -2.10. The van der Waals surface area contributed by atoms with E-state index in [9.17, 15) is 9.59 Å². The van der Waals surface area contributed by atoms with E-state index in [0.29, 0.717) is 34.4 Å². The summed E-state index contributed by atoms with van der Waals surface area (Å²) in [7, 11) is 0. The molecule has 30 heavy (non-hydrogen) atoms. The maximum absolute atomic E-state index is 12.3. The molecule has 0 radical (unpaired) electrons. The fourth-order valence-electron chi connectivity index (χ4n) is 2.75. The van der Waals surface area contributed by atoms with Crippen molar-refractivity contribution in [2.75, 3.05) is 10.6 Å². The molecule has 0 aliphatic carbocycles. The predicted molar refractivity (Wildman–Crippen MR) is 120 cm³/mol. The van der Waals surface area contributed by atoms with E-state index < -0.39 is 0 Å². The smallest absolute Gasteiger partial charge is 0.319 e. The Morgan fingerprint density at radius 2 is 1.60 bits per heavy atom. The molecule has 0 saturated carbocycles. The van der Waals surface area contributed by atoms with Crippen LogP contribution in [0.1, 0.15) is 17.5 Å². The minimum absolute atomic E-state index is 0.162. The second-order valence-electron chi connectivity index (χ2n) is 6.51. The molecule has 0 unspecified atom stereocenters. The van der Waals surface area contributed by atoms with Crippen LogP contribution in [0.5, 0.6) is 0 Å². The zero-order chi connectivity index (χ0) is 21.3. The number of urea groups is 1. The van der Waals surface area contributed by atoms with E-state index in [4.69, 9.17) is 23.2 Å². The number of aromatic nitrogens is 1. The molecular formula is C22H20Cl2N4O2. The lowest BCUT2D eigenvalue weighted by Crippen LogP contribution is -2.28. The number of pyridine rings is 1. The van der Waals surface area contributed by atoms with Crippen molar-refractivity contribution in [3.63, 3.8) is 0 Å². The number of hydrogen-bond acceptors (Lipinski definition) is 3. The van der Waals surface area contributed by atoms with Crippen LogP contribution in [-0.4, -0.2) is 16.9 Å². The van der Waals surface area contributed by atoms with Gasteiger partial charge >= 0.3 is 6.03 Å². The first-order chi connectivity index (χ1) is 14.5. The molecule has 3 amide bonds. The first-order valence-corrected chi connectivity index (χ1v) is 10.0. The summed E-state index contributed by atoms with van der Waals surface area (Å²) in [5.74, 6) is -0.162. The summed E-state index contributed by atoms with van der Waals surface area (Å²) in [4.78, 5) is 28.3. The molecule has 3 rings (SSSR count). The third kappa shape index (κ3) is 6.47. The Labute approximate surface area is 184 Å². The molecule has 0 spiro atoms. The zero-order valence-corrected chi connectivity index (χ0v) is 17.5. The summed E-state index contributed by atoms with van der Waals surface area (Å²) >= 11 is 12.2. The molecule has 0 fully saturated rings. The van der Waals surface area contributed by atoms with Crippen LogP contribution in [-0.2, 0) is 17.8 Å². The van der Waals surface area contributed by atoms with Crippen LogP contribution >= 0.6 is 23.2 Å². The molecule has 1 aromatic heterocycles. The van der Waals surface area contributed by atoms with Crippen LogP contribution in [0.3, 0.4) is 0 Å². The van der Waals surface area contributed by atoms with Crippen molar-refractivity contribution in [1.29, 1.82) is 0 Å². The number of halogens is 2. The Kier molecular flexibility index (Phi) is 7.65. The highest BCUT2D eigenvalue weighted by Gasteiger charge is 2.09. The molecule has 3 N–H and O–H groups in total. The van der Waals surface area contributed by atoms with Gasteiger partial charge in [0.05, 0.1) is 10.0 Å². The maximum atomic E-state index is 12.3. The van der Waals surface area contributed by atoms with Crippen LogP contribution in [0, 0.1) is 0 Å². The molecular weight excluding hydrogens is 423 g/mol. The molecule has 0 saturated heterocycles. The summed E-state index contributed by atoms with van der Waals surface area (Å²) in [5, 5.41) is 9.28. The van der Waals surface area contributed by atoms with Crippen LogP contribution < -0.4 is 16.0 Å². The van der Waals surface area contributed by atoms with Gasteiger partial charge in [0.1, 0.15) is 0 Å². The normalized spacial score (nSPS) is 10.3. The molecule has 0 atom stereocenters. The van der Waals surface area contributed by atoms with Gasteiger partial charge in [0.2, 0.25) is 5.91 Å². The number of hydrogen-bond donors (Lipinski definition) is 3. The number of nitrogens with zero attached hydrogens (tertiary/aromatic N) is 1. The lowest BCUT2D eigenvalue weighted by atomic mass is 10.1. The predicted octanol–water partition coefficient (Wildman–Crippen LogP) is 5.28. The number of carbonyl (C=O) groups is 2. The summed E-state index contributed by atoms with van der Waals surface area (Å²) in [6, 6.07) is 15.6. The van der Waals surface area contributed by atoms with Gasteiger partial charge in [-0.2, -0.15) is 0 Å². The number of nitrogens with one attached hydrogen (secondary N) is 3. The molecule has 154 valence electrons. The summed E-state index contributed by atoms with van der Waals surface area (Å²) < 4.78 is 0. The van der Waals surface area contributed by atoms with Gasteiger partial charge in [-0.3, -0.25) is 9.78 Å². The molecule has 2 aromatic carbocycles. The highest BCUT2D eigenvalue weighted by Crippen LogP contribution is 2.26. The van der Waals surface area contributed by atoms with Crippen LogP contribution in [0.2, 0.25) is 10.0 Å². The van der Waals surface area contributed by atoms with Gasteiger partial charge in [-0.25, -0.2) is 4.79 Å². The molecule has 8 heteroatoms. The third-order valence-corrected chi connectivity index (χ3v) is 5.12. The Morgan fingerprint density at radius 1 is 0.900 bits per heavy atom. The van der Waals surface area contributed by atoms with E-state index in [1.807, 2.05) is 18.2 Å². The number of aryl methyl sites for hydroxylation is 1. The van der Waals surface area contributed by atoms with Gasteiger partial charge in [0, 0.05) is 36.7 Å². The maximum Gasteiger partial charge on any atom is 0.319 e. The molecule has 0 aliphatic rings. The van der Waals surface area contributed by atoms with Crippen molar-refractivity contribution in [1.82, 2.24) is 10.3 Å². The minimum atomic E-state index is -0.342. The Balaban J connectivity index is 1.50. The van der Waals surface area contributed by atoms with E-state index in [0.717, 1.165) is 11.1 Å². The van der Waals surface area contributed by atoms with Crippen LogP contribution in [0.4, 0.5) is 16.2 Å². The van der Waals surface area contributed by atoms with Crippen LogP contribution in [0.25, 0.3) is 0 Å². The highest BCUT2D eigenvalue weighted by atomic mass is 35.5. The molecule has 3 aromatic rings. The van der Waals surface area contributed by atoms with Gasteiger partial charge < -0.3 is 16.0 Å². The minimum Gasteiger partial charge on any atom is -0.334 e. The molecule has 1 heterocycles. The SMILES string of the molecule is O=C(CCc1cccc(Cl)c1Cl)Nc1cccc(NC(=O)NCc2ccncc2)c1. The zero-order valence-electron chi connectivity index (χ0n) is 16.0. The fraction of sp³-hybridized carbons (Fsp3) is 0.136. The molecule has 0 aliphatic heterocycles. The van der Waals surface area contributed by atoms with E-state index in [2.05, 4.69) is 20.9 Å². The summed E-state index contributed by atoms with van der Waals surface area (Å²) in [5.41, 5.74) is 2.92. The van der Waals surface area contributed by atoms with Gasteiger partial charge in [0.25, 0.3) is 0 Å². The van der Waals surface area contributed by atoms with Crippen molar-refractivity contribution in [2.45, 2.75) is 19.4 Å². The van der Waals surface area contributed by atoms with Crippen molar-refractivity contribution >= 4 is 46.5 Å².